The third kappa shape index (κ3) is 3.17. The van der Waals surface area contributed by atoms with E-state index >= 15 is 0 Å². The maximum Gasteiger partial charge on any atom is 0.259 e. The number of alkyl halides is 1. The highest BCUT2D eigenvalue weighted by Gasteiger charge is 2.14. The summed E-state index contributed by atoms with van der Waals surface area (Å²) in [7, 11) is 0. The maximum atomic E-state index is 12.9. The number of hydrogen-bond donors (Lipinski definition) is 2. The SMILES string of the molecule is CC(Br)c1ccccc1NC(=O)c1ccc(F)cc1O. The molecule has 3 nitrogen and oxygen atoms in total. The van der Waals surface area contributed by atoms with Crippen LogP contribution in [0.4, 0.5) is 10.1 Å². The first-order valence-corrected chi connectivity index (χ1v) is 6.93. The molecule has 0 saturated carbocycles. The van der Waals surface area contributed by atoms with Crippen LogP contribution in [0.5, 0.6) is 5.75 Å². The fraction of sp³-hybridized carbons (Fsp3) is 0.133. The van der Waals surface area contributed by atoms with Gasteiger partial charge in [-0.3, -0.25) is 4.79 Å². The van der Waals surface area contributed by atoms with Gasteiger partial charge >= 0.3 is 0 Å². The Morgan fingerprint density at radius 3 is 2.65 bits per heavy atom. The minimum absolute atomic E-state index is 0.0310. The van der Waals surface area contributed by atoms with E-state index in [4.69, 9.17) is 0 Å². The van der Waals surface area contributed by atoms with E-state index in [1.807, 2.05) is 19.1 Å². The summed E-state index contributed by atoms with van der Waals surface area (Å²) in [6.45, 7) is 1.94. The Labute approximate surface area is 124 Å². The van der Waals surface area contributed by atoms with Crippen molar-refractivity contribution in [1.82, 2.24) is 0 Å². The van der Waals surface area contributed by atoms with E-state index in [9.17, 15) is 14.3 Å². The third-order valence-corrected chi connectivity index (χ3v) is 3.34. The minimum atomic E-state index is -0.589. The second-order valence-electron chi connectivity index (χ2n) is 4.32. The Balaban J connectivity index is 2.28. The van der Waals surface area contributed by atoms with Crippen molar-refractivity contribution in [2.45, 2.75) is 11.8 Å². The van der Waals surface area contributed by atoms with Crippen molar-refractivity contribution in [3.8, 4) is 5.75 Å². The van der Waals surface area contributed by atoms with Crippen LogP contribution < -0.4 is 5.32 Å². The lowest BCUT2D eigenvalue weighted by Crippen LogP contribution is -2.13. The van der Waals surface area contributed by atoms with Crippen molar-refractivity contribution in [3.05, 3.63) is 59.4 Å². The molecule has 20 heavy (non-hydrogen) atoms. The summed E-state index contributed by atoms with van der Waals surface area (Å²) in [6.07, 6.45) is 0. The number of hydrogen-bond acceptors (Lipinski definition) is 2. The standard InChI is InChI=1S/C15H13BrFNO2/c1-9(16)11-4-2-3-5-13(11)18-15(20)12-7-6-10(17)8-14(12)19/h2-9,19H,1H3,(H,18,20). The Bertz CT molecular complexity index is 644. The molecule has 0 aliphatic carbocycles. The molecule has 0 aromatic heterocycles. The van der Waals surface area contributed by atoms with Crippen LogP contribution in [0.1, 0.15) is 27.7 Å². The molecule has 2 N–H and O–H groups in total. The lowest BCUT2D eigenvalue weighted by atomic mass is 10.1. The molecule has 0 bridgehead atoms. The maximum absolute atomic E-state index is 12.9. The Kier molecular flexibility index (Phi) is 4.39. The number of carbonyl (C=O) groups is 1. The molecule has 2 aromatic carbocycles. The molecule has 104 valence electrons. The Morgan fingerprint density at radius 1 is 1.30 bits per heavy atom. The lowest BCUT2D eigenvalue weighted by molar-refractivity contribution is 0.102. The molecule has 0 aliphatic rings. The van der Waals surface area contributed by atoms with Gasteiger partial charge in [0, 0.05) is 16.6 Å². The molecule has 1 atom stereocenters. The minimum Gasteiger partial charge on any atom is -0.507 e. The van der Waals surface area contributed by atoms with Crippen molar-refractivity contribution in [1.29, 1.82) is 0 Å². The number of para-hydroxylation sites is 1. The number of aromatic hydroxyl groups is 1. The average Bonchev–Trinajstić information content (AvgIpc) is 2.38. The van der Waals surface area contributed by atoms with Crippen molar-refractivity contribution in [3.63, 3.8) is 0 Å². The normalized spacial score (nSPS) is 11.9. The predicted molar refractivity (Wildman–Crippen MR) is 79.8 cm³/mol. The summed E-state index contributed by atoms with van der Waals surface area (Å²) in [6, 6.07) is 10.6. The van der Waals surface area contributed by atoms with Gasteiger partial charge in [-0.25, -0.2) is 4.39 Å². The molecule has 0 aliphatic heterocycles. The summed E-state index contributed by atoms with van der Waals surface area (Å²) >= 11 is 3.45. The fourth-order valence-electron chi connectivity index (χ4n) is 1.84. The first-order valence-electron chi connectivity index (χ1n) is 6.02. The molecule has 0 spiro atoms. The molecule has 0 saturated heterocycles. The number of halogens is 2. The largest absolute Gasteiger partial charge is 0.507 e. The highest BCUT2D eigenvalue weighted by molar-refractivity contribution is 9.09. The van der Waals surface area contributed by atoms with Crippen molar-refractivity contribution in [2.75, 3.05) is 5.32 Å². The van der Waals surface area contributed by atoms with Gasteiger partial charge < -0.3 is 10.4 Å². The summed E-state index contributed by atoms with van der Waals surface area (Å²) < 4.78 is 12.9. The first kappa shape index (κ1) is 14.5. The molecule has 5 heteroatoms. The predicted octanol–water partition coefficient (Wildman–Crippen LogP) is 4.24. The van der Waals surface area contributed by atoms with E-state index in [-0.39, 0.29) is 16.1 Å². The molecule has 0 radical (unpaired) electrons. The van der Waals surface area contributed by atoms with Crippen LogP contribution in [-0.2, 0) is 0 Å². The van der Waals surface area contributed by atoms with E-state index in [2.05, 4.69) is 21.2 Å². The van der Waals surface area contributed by atoms with Gasteiger partial charge in [0.05, 0.1) is 5.56 Å². The number of anilines is 1. The molecular weight excluding hydrogens is 325 g/mol. The number of nitrogens with one attached hydrogen (secondary N) is 1. The van der Waals surface area contributed by atoms with Crippen molar-refractivity contribution >= 4 is 27.5 Å². The van der Waals surface area contributed by atoms with Crippen LogP contribution in [0.2, 0.25) is 0 Å². The van der Waals surface area contributed by atoms with Crippen LogP contribution >= 0.6 is 15.9 Å². The molecule has 1 unspecified atom stereocenters. The van der Waals surface area contributed by atoms with Crippen molar-refractivity contribution in [2.24, 2.45) is 0 Å². The fourth-order valence-corrected chi connectivity index (χ4v) is 2.24. The molecule has 0 heterocycles. The van der Waals surface area contributed by atoms with E-state index in [1.165, 1.54) is 6.07 Å². The van der Waals surface area contributed by atoms with E-state index in [0.717, 1.165) is 17.7 Å². The Morgan fingerprint density at radius 2 is 2.00 bits per heavy atom. The van der Waals surface area contributed by atoms with Gasteiger partial charge in [0.25, 0.3) is 5.91 Å². The van der Waals surface area contributed by atoms with E-state index in [0.29, 0.717) is 5.69 Å². The topological polar surface area (TPSA) is 49.3 Å². The second-order valence-corrected chi connectivity index (χ2v) is 5.69. The average molecular weight is 338 g/mol. The second kappa shape index (κ2) is 6.05. The first-order chi connectivity index (χ1) is 9.49. The van der Waals surface area contributed by atoms with Gasteiger partial charge in [-0.05, 0) is 30.7 Å². The van der Waals surface area contributed by atoms with Gasteiger partial charge in [0.2, 0.25) is 0 Å². The number of carbonyl (C=O) groups excluding carboxylic acids is 1. The monoisotopic (exact) mass is 337 g/mol. The van der Waals surface area contributed by atoms with Gasteiger partial charge in [0.1, 0.15) is 11.6 Å². The van der Waals surface area contributed by atoms with Gasteiger partial charge in [-0.2, -0.15) is 0 Å². The van der Waals surface area contributed by atoms with Crippen LogP contribution in [0.25, 0.3) is 0 Å². The third-order valence-electron chi connectivity index (χ3n) is 2.84. The molecule has 0 fully saturated rings. The molecule has 2 rings (SSSR count). The van der Waals surface area contributed by atoms with Crippen molar-refractivity contribution < 1.29 is 14.3 Å². The zero-order chi connectivity index (χ0) is 14.7. The van der Waals surface area contributed by atoms with E-state index < -0.39 is 11.7 Å². The van der Waals surface area contributed by atoms with Crippen LogP contribution in [0.15, 0.2) is 42.5 Å². The summed E-state index contributed by atoms with van der Waals surface area (Å²) in [5.74, 6) is -1.46. The number of rotatable bonds is 3. The van der Waals surface area contributed by atoms with Gasteiger partial charge in [-0.1, -0.05) is 34.1 Å². The zero-order valence-corrected chi connectivity index (χ0v) is 12.3. The quantitative estimate of drug-likeness (QED) is 0.823. The summed E-state index contributed by atoms with van der Waals surface area (Å²) in [4.78, 5) is 12.2. The van der Waals surface area contributed by atoms with Gasteiger partial charge in [-0.15, -0.1) is 0 Å². The highest BCUT2D eigenvalue weighted by atomic mass is 79.9. The summed E-state index contributed by atoms with van der Waals surface area (Å²) in [5.41, 5.74) is 1.59. The zero-order valence-electron chi connectivity index (χ0n) is 10.7. The molecule has 1 amide bonds. The van der Waals surface area contributed by atoms with E-state index in [1.54, 1.807) is 12.1 Å². The Hall–Kier alpha value is -1.88. The lowest BCUT2D eigenvalue weighted by Gasteiger charge is -2.13. The van der Waals surface area contributed by atoms with Crippen LogP contribution in [0.3, 0.4) is 0 Å². The highest BCUT2D eigenvalue weighted by Crippen LogP contribution is 2.29. The number of phenols is 1. The summed E-state index contributed by atoms with van der Waals surface area (Å²) in [5, 5.41) is 12.3. The number of benzene rings is 2. The van der Waals surface area contributed by atoms with Crippen LogP contribution in [-0.4, -0.2) is 11.0 Å². The van der Waals surface area contributed by atoms with Gasteiger partial charge in [0.15, 0.2) is 0 Å². The molecular formula is C15H13BrFNO2. The van der Waals surface area contributed by atoms with Crippen LogP contribution in [0, 0.1) is 5.82 Å². The smallest absolute Gasteiger partial charge is 0.259 e. The number of phenolic OH excluding ortho intramolecular Hbond substituents is 1. The molecule has 2 aromatic rings. The number of amides is 1.